The van der Waals surface area contributed by atoms with Gasteiger partial charge in [0.25, 0.3) is 0 Å². The zero-order valence-electron chi connectivity index (χ0n) is 21.6. The van der Waals surface area contributed by atoms with E-state index in [0.717, 1.165) is 33.8 Å². The van der Waals surface area contributed by atoms with Crippen molar-refractivity contribution in [2.75, 3.05) is 13.2 Å². The Hall–Kier alpha value is -4.67. The van der Waals surface area contributed by atoms with Crippen LogP contribution in [0.3, 0.4) is 0 Å². The minimum absolute atomic E-state index is 0.110. The number of carbonyl (C=O) groups is 3. The molecule has 2 aliphatic rings. The van der Waals surface area contributed by atoms with Gasteiger partial charge >= 0.3 is 5.97 Å². The van der Waals surface area contributed by atoms with E-state index < -0.39 is 29.6 Å². The molecule has 2 aromatic carbocycles. The van der Waals surface area contributed by atoms with Crippen molar-refractivity contribution in [1.82, 2.24) is 35.1 Å². The number of nitrogens with one attached hydrogen (secondary N) is 1. The van der Waals surface area contributed by atoms with Crippen LogP contribution in [0.2, 0.25) is 0 Å². The molecule has 2 aliphatic heterocycles. The summed E-state index contributed by atoms with van der Waals surface area (Å²) in [6.45, 7) is 4.62. The highest BCUT2D eigenvalue weighted by Gasteiger charge is 2.55. The third-order valence-corrected chi connectivity index (χ3v) is 7.36. The molecule has 6 rings (SSSR count). The second kappa shape index (κ2) is 9.90. The number of Topliss-reactive ketones (excluding diaryl/α,β-unsaturated/α-hetero) is 1. The maximum absolute atomic E-state index is 13.4. The van der Waals surface area contributed by atoms with Gasteiger partial charge in [0.1, 0.15) is 11.9 Å². The monoisotopic (exact) mass is 525 g/mol. The van der Waals surface area contributed by atoms with Crippen molar-refractivity contribution in [2.45, 2.75) is 39.3 Å². The van der Waals surface area contributed by atoms with Gasteiger partial charge in [-0.1, -0.05) is 55.5 Å². The summed E-state index contributed by atoms with van der Waals surface area (Å²) in [6, 6.07) is 15.2. The fourth-order valence-corrected chi connectivity index (χ4v) is 5.60. The molecule has 1 saturated heterocycles. The zero-order valence-corrected chi connectivity index (χ0v) is 21.6. The van der Waals surface area contributed by atoms with E-state index in [1.54, 1.807) is 6.92 Å². The lowest BCUT2D eigenvalue weighted by Gasteiger charge is -2.29. The molecule has 39 heavy (non-hydrogen) atoms. The molecule has 0 bridgehead atoms. The van der Waals surface area contributed by atoms with Gasteiger partial charge in [0.2, 0.25) is 11.7 Å². The number of ether oxygens (including phenoxy) is 1. The Kier molecular flexibility index (Phi) is 6.26. The number of benzene rings is 2. The van der Waals surface area contributed by atoms with E-state index in [1.807, 2.05) is 60.0 Å². The summed E-state index contributed by atoms with van der Waals surface area (Å²) in [5.41, 5.74) is 5.38. The van der Waals surface area contributed by atoms with Crippen LogP contribution in [0.5, 0.6) is 0 Å². The molecule has 11 heteroatoms. The van der Waals surface area contributed by atoms with Gasteiger partial charge in [0.15, 0.2) is 11.7 Å². The maximum Gasteiger partial charge on any atom is 0.326 e. The molecule has 4 heterocycles. The Morgan fingerprint density at radius 1 is 1.08 bits per heavy atom. The number of hydrogen-bond donors (Lipinski definition) is 1. The molecule has 2 unspecified atom stereocenters. The second-order valence-electron chi connectivity index (χ2n) is 9.55. The molecule has 4 aromatic rings. The van der Waals surface area contributed by atoms with Crippen LogP contribution in [0.1, 0.15) is 42.7 Å². The van der Waals surface area contributed by atoms with Gasteiger partial charge in [0.05, 0.1) is 18.0 Å². The summed E-state index contributed by atoms with van der Waals surface area (Å²) in [5.74, 6) is -1.74. The zero-order chi connectivity index (χ0) is 27.1. The van der Waals surface area contributed by atoms with Gasteiger partial charge in [-0.25, -0.2) is 4.98 Å². The van der Waals surface area contributed by atoms with Crippen molar-refractivity contribution in [1.29, 1.82) is 0 Å². The van der Waals surface area contributed by atoms with Crippen molar-refractivity contribution >= 4 is 17.7 Å². The number of carbonyl (C=O) groups excluding carboxylic acids is 3. The summed E-state index contributed by atoms with van der Waals surface area (Å²) in [4.78, 5) is 45.3. The summed E-state index contributed by atoms with van der Waals surface area (Å²) in [5, 5.41) is 14.4. The largest absolute Gasteiger partial charge is 0.465 e. The van der Waals surface area contributed by atoms with Crippen LogP contribution in [0, 0.1) is 5.92 Å². The third-order valence-electron chi connectivity index (χ3n) is 7.36. The summed E-state index contributed by atoms with van der Waals surface area (Å²) < 4.78 is 7.08. The lowest BCUT2D eigenvalue weighted by Crippen LogP contribution is -2.37. The Morgan fingerprint density at radius 2 is 1.85 bits per heavy atom. The fraction of sp³-hybridized carbons (Fsp3) is 0.321. The quantitative estimate of drug-likeness (QED) is 0.287. The Bertz CT molecular complexity index is 1560. The first-order valence-corrected chi connectivity index (χ1v) is 13.0. The van der Waals surface area contributed by atoms with Crippen molar-refractivity contribution in [3.05, 3.63) is 71.3 Å². The molecule has 1 N–H and O–H groups in total. The van der Waals surface area contributed by atoms with Gasteiger partial charge in [-0.15, -0.1) is 10.2 Å². The van der Waals surface area contributed by atoms with Crippen molar-refractivity contribution in [3.63, 3.8) is 0 Å². The molecule has 0 spiro atoms. The van der Waals surface area contributed by atoms with Gasteiger partial charge in [-0.2, -0.15) is 5.21 Å². The van der Waals surface area contributed by atoms with Crippen LogP contribution in [-0.4, -0.2) is 65.9 Å². The number of aryl methyl sites for hydroxylation is 1. The molecule has 1 amide bonds. The Labute approximate surface area is 224 Å². The standard InChI is InChI=1S/C28H27N7O4/c1-3-21-29-20-13-14-34-24(25(36)22(27(34)37)28(38)39-4-2)23(20)35(21)15-16-9-11-17(12-10-16)18-7-5-6-8-19(18)26-30-32-33-31-26/h5-12,22,24H,3-4,13-15H2,1-2H3,(H,30,31,32,33). The van der Waals surface area contributed by atoms with Crippen LogP contribution < -0.4 is 0 Å². The lowest BCUT2D eigenvalue weighted by molar-refractivity contribution is -0.154. The number of hydrogen-bond acceptors (Lipinski definition) is 8. The normalized spacial score (nSPS) is 18.3. The molecule has 1 fully saturated rings. The number of imidazole rings is 1. The SMILES string of the molecule is CCOC(=O)C1C(=O)C2c3c(nc(CC)n3Cc3ccc(-c4ccccc4-c4nn[nH]n4)cc3)CCN2C1=O. The minimum Gasteiger partial charge on any atom is -0.465 e. The number of tetrazole rings is 1. The highest BCUT2D eigenvalue weighted by atomic mass is 16.5. The van der Waals surface area contributed by atoms with Gasteiger partial charge in [-0.3, -0.25) is 14.4 Å². The van der Waals surface area contributed by atoms with E-state index in [2.05, 4.69) is 20.6 Å². The molecular formula is C28H27N7O4. The molecule has 0 saturated carbocycles. The minimum atomic E-state index is -1.41. The smallest absolute Gasteiger partial charge is 0.326 e. The average molecular weight is 526 g/mol. The third kappa shape index (κ3) is 4.10. The highest BCUT2D eigenvalue weighted by Crippen LogP contribution is 2.40. The number of nitrogens with zero attached hydrogens (tertiary/aromatic N) is 6. The number of aromatic amines is 1. The first-order chi connectivity index (χ1) is 19.0. The predicted octanol–water partition coefficient (Wildman–Crippen LogP) is 2.53. The van der Waals surface area contributed by atoms with E-state index in [1.165, 1.54) is 4.90 Å². The van der Waals surface area contributed by atoms with E-state index in [4.69, 9.17) is 9.72 Å². The van der Waals surface area contributed by atoms with Gasteiger partial charge in [0, 0.05) is 31.5 Å². The first-order valence-electron chi connectivity index (χ1n) is 13.0. The Morgan fingerprint density at radius 3 is 2.54 bits per heavy atom. The number of H-pyrrole nitrogens is 1. The lowest BCUT2D eigenvalue weighted by atomic mass is 9.97. The molecule has 11 nitrogen and oxygen atoms in total. The summed E-state index contributed by atoms with van der Waals surface area (Å²) in [6.07, 6.45) is 1.20. The number of rotatable bonds is 7. The number of amides is 1. The van der Waals surface area contributed by atoms with Crippen LogP contribution in [-0.2, 0) is 38.5 Å². The fourth-order valence-electron chi connectivity index (χ4n) is 5.60. The van der Waals surface area contributed by atoms with E-state index in [0.29, 0.717) is 37.4 Å². The van der Waals surface area contributed by atoms with Crippen molar-refractivity contribution in [3.8, 4) is 22.5 Å². The first kappa shape index (κ1) is 24.7. The molecular weight excluding hydrogens is 498 g/mol. The van der Waals surface area contributed by atoms with Crippen LogP contribution in [0.4, 0.5) is 0 Å². The molecule has 2 atom stereocenters. The molecule has 0 aliphatic carbocycles. The highest BCUT2D eigenvalue weighted by molar-refractivity contribution is 6.22. The number of esters is 1. The van der Waals surface area contributed by atoms with E-state index in [9.17, 15) is 14.4 Å². The molecule has 198 valence electrons. The van der Waals surface area contributed by atoms with Gasteiger partial charge in [-0.05, 0) is 28.8 Å². The number of aromatic nitrogens is 6. The predicted molar refractivity (Wildman–Crippen MR) is 139 cm³/mol. The van der Waals surface area contributed by atoms with Crippen LogP contribution in [0.15, 0.2) is 48.5 Å². The van der Waals surface area contributed by atoms with Crippen LogP contribution >= 0.6 is 0 Å². The Balaban J connectivity index is 1.33. The molecule has 2 aromatic heterocycles. The summed E-state index contributed by atoms with van der Waals surface area (Å²) in [7, 11) is 0. The van der Waals surface area contributed by atoms with E-state index >= 15 is 0 Å². The van der Waals surface area contributed by atoms with Crippen molar-refractivity contribution < 1.29 is 19.1 Å². The van der Waals surface area contributed by atoms with E-state index in [-0.39, 0.29) is 6.61 Å². The molecule has 0 radical (unpaired) electrons. The maximum atomic E-state index is 13.4. The topological polar surface area (TPSA) is 136 Å². The number of fused-ring (bicyclic) bond motifs is 3. The van der Waals surface area contributed by atoms with Crippen molar-refractivity contribution in [2.24, 2.45) is 5.92 Å². The second-order valence-corrected chi connectivity index (χ2v) is 9.55. The summed E-state index contributed by atoms with van der Waals surface area (Å²) >= 11 is 0. The van der Waals surface area contributed by atoms with Gasteiger partial charge < -0.3 is 14.2 Å². The number of ketones is 1. The average Bonchev–Trinajstić information content (AvgIpc) is 3.67. The van der Waals surface area contributed by atoms with Crippen LogP contribution in [0.25, 0.3) is 22.5 Å².